The topological polar surface area (TPSA) is 49.5 Å². The Kier molecular flexibility index (Phi) is 9.29. The second-order valence-corrected chi connectivity index (χ2v) is 3.74. The van der Waals surface area contributed by atoms with Gasteiger partial charge >= 0.3 is 0 Å². The number of rotatable bonds is 6. The molecule has 93 valence electrons. The van der Waals surface area contributed by atoms with Crippen molar-refractivity contribution in [3.05, 3.63) is 49.7 Å². The van der Waals surface area contributed by atoms with Gasteiger partial charge in [0.25, 0.3) is 0 Å². The first-order valence-electron chi connectivity index (χ1n) is 5.48. The Morgan fingerprint density at radius 1 is 1.29 bits per heavy atom. The predicted octanol–water partition coefficient (Wildman–Crippen LogP) is 1.01. The second kappa shape index (κ2) is 9.18. The van der Waals surface area contributed by atoms with Crippen molar-refractivity contribution in [2.45, 2.75) is 12.1 Å². The van der Waals surface area contributed by atoms with Crippen LogP contribution in [-0.4, -0.2) is 35.7 Å². The summed E-state index contributed by atoms with van der Waals surface area (Å²) in [6, 6.07) is 9.75. The van der Waals surface area contributed by atoms with Gasteiger partial charge in [0.2, 0.25) is 0 Å². The van der Waals surface area contributed by atoms with E-state index in [1.807, 2.05) is 35.2 Å². The van der Waals surface area contributed by atoms with Gasteiger partial charge in [-0.2, -0.15) is 0 Å². The van der Waals surface area contributed by atoms with Crippen LogP contribution < -0.4 is 5.73 Å². The average molecular weight is 309 g/mol. The Bertz CT molecular complexity index is 295. The predicted molar refractivity (Wildman–Crippen MR) is 66.5 cm³/mol. The van der Waals surface area contributed by atoms with E-state index >= 15 is 0 Å². The zero-order chi connectivity index (χ0) is 12.0. The smallest absolute Gasteiger partial charge is 0.0626 e. The van der Waals surface area contributed by atoms with Gasteiger partial charge in [0, 0.05) is 32.7 Å². The number of nitrogens with two attached hydrogens (primary N) is 1. The Hall–Kier alpha value is 0.204. The van der Waals surface area contributed by atoms with E-state index in [2.05, 4.69) is 13.8 Å². The molecule has 17 heavy (non-hydrogen) atoms. The first-order valence-corrected chi connectivity index (χ1v) is 5.48. The van der Waals surface area contributed by atoms with Crippen LogP contribution in [0.4, 0.5) is 0 Å². The molecule has 0 aliphatic heterocycles. The number of hydrogen-bond acceptors (Lipinski definition) is 3. The van der Waals surface area contributed by atoms with Gasteiger partial charge < -0.3 is 29.6 Å². The molecule has 1 aromatic rings. The van der Waals surface area contributed by atoms with Crippen molar-refractivity contribution in [1.29, 1.82) is 0 Å². The third-order valence-corrected chi connectivity index (χ3v) is 2.76. The fourth-order valence-electron chi connectivity index (χ4n) is 1.81. The molecule has 1 radical (unpaired) electrons. The fourth-order valence-corrected chi connectivity index (χ4v) is 1.81. The van der Waals surface area contributed by atoms with E-state index < -0.39 is 0 Å². The van der Waals surface area contributed by atoms with Gasteiger partial charge in [-0.3, -0.25) is 0 Å². The summed E-state index contributed by atoms with van der Waals surface area (Å²) in [6.45, 7) is 8.92. The fraction of sp³-hybridized carbons (Fsp3) is 0.385. The second-order valence-electron chi connectivity index (χ2n) is 3.74. The molecule has 0 aromatic heterocycles. The third kappa shape index (κ3) is 4.76. The Labute approximate surface area is 129 Å². The summed E-state index contributed by atoms with van der Waals surface area (Å²) in [7, 11) is 0. The average Bonchev–Trinajstić information content (AvgIpc) is 2.36. The zero-order valence-electron chi connectivity index (χ0n) is 10.1. The van der Waals surface area contributed by atoms with Gasteiger partial charge in [0.05, 0.1) is 12.6 Å². The molecular weight excluding hydrogens is 289 g/mol. The van der Waals surface area contributed by atoms with Gasteiger partial charge in [-0.25, -0.2) is 0 Å². The van der Waals surface area contributed by atoms with Crippen LogP contribution in [0.3, 0.4) is 0 Å². The third-order valence-electron chi connectivity index (χ3n) is 2.76. The molecule has 2 atom stereocenters. The van der Waals surface area contributed by atoms with Crippen LogP contribution in [0.25, 0.3) is 0 Å². The molecule has 0 spiro atoms. The van der Waals surface area contributed by atoms with Crippen LogP contribution in [0, 0.1) is 13.8 Å². The van der Waals surface area contributed by atoms with Crippen molar-refractivity contribution in [3.63, 3.8) is 0 Å². The van der Waals surface area contributed by atoms with E-state index in [-0.39, 0.29) is 51.4 Å². The molecule has 3 nitrogen and oxygen atoms in total. The Balaban J connectivity index is 0.00000256. The van der Waals surface area contributed by atoms with E-state index in [1.165, 1.54) is 0 Å². The number of aliphatic hydroxyl groups excluding tert-OH is 1. The standard InChI is InChI=1S/C13H20N2O.Y/c1-3-15(11(2)9-14)13(10-16)12-7-5-4-6-8-12;/h4-8,11,13,16H,1-3,9-10,14H2;/q-2;/t11-,13-;/m0./s1. The monoisotopic (exact) mass is 309 g/mol. The Morgan fingerprint density at radius 2 is 1.88 bits per heavy atom. The SMILES string of the molecule is [CH2-]CN([C@@H]([CH2-])CN)[C@@H](CO)c1ccccc1.[Y]. The normalized spacial score (nSPS) is 14.2. The molecule has 3 N–H and O–H groups in total. The molecule has 0 heterocycles. The van der Waals surface area contributed by atoms with Crippen LogP contribution in [0.15, 0.2) is 30.3 Å². The Morgan fingerprint density at radius 3 is 2.29 bits per heavy atom. The molecule has 0 bridgehead atoms. The first-order chi connectivity index (χ1) is 7.74. The molecule has 4 heteroatoms. The van der Waals surface area contributed by atoms with E-state index in [9.17, 15) is 5.11 Å². The van der Waals surface area contributed by atoms with Crippen molar-refractivity contribution >= 4 is 0 Å². The number of benzene rings is 1. The largest absolute Gasteiger partial charge is 0.394 e. The van der Waals surface area contributed by atoms with Crippen LogP contribution in [0.1, 0.15) is 11.6 Å². The van der Waals surface area contributed by atoms with Crippen LogP contribution in [0.5, 0.6) is 0 Å². The summed E-state index contributed by atoms with van der Waals surface area (Å²) in [5.41, 5.74) is 6.67. The molecule has 0 aliphatic carbocycles. The molecule has 0 saturated carbocycles. The summed E-state index contributed by atoms with van der Waals surface area (Å²) in [4.78, 5) is 2.01. The van der Waals surface area contributed by atoms with Crippen molar-refractivity contribution in [2.75, 3.05) is 19.7 Å². The van der Waals surface area contributed by atoms with Crippen molar-refractivity contribution < 1.29 is 37.8 Å². The maximum Gasteiger partial charge on any atom is 0.0626 e. The van der Waals surface area contributed by atoms with Gasteiger partial charge in [-0.15, -0.1) is 12.6 Å². The molecule has 0 unspecified atom stereocenters. The van der Waals surface area contributed by atoms with Gasteiger partial charge in [-0.1, -0.05) is 30.3 Å². The van der Waals surface area contributed by atoms with Crippen molar-refractivity contribution in [2.24, 2.45) is 5.73 Å². The van der Waals surface area contributed by atoms with Crippen LogP contribution in [-0.2, 0) is 32.7 Å². The number of aliphatic hydroxyl groups is 1. The molecule has 0 fully saturated rings. The number of hydrogen-bond donors (Lipinski definition) is 2. The first kappa shape index (κ1) is 17.2. The van der Waals surface area contributed by atoms with Crippen molar-refractivity contribution in [3.8, 4) is 0 Å². The van der Waals surface area contributed by atoms with E-state index in [0.29, 0.717) is 13.1 Å². The minimum Gasteiger partial charge on any atom is -0.394 e. The van der Waals surface area contributed by atoms with E-state index in [0.717, 1.165) is 5.56 Å². The summed E-state index contributed by atoms with van der Waals surface area (Å²) in [6.07, 6.45) is 0. The zero-order valence-corrected chi connectivity index (χ0v) is 13.0. The van der Waals surface area contributed by atoms with Crippen LogP contribution >= 0.6 is 0 Å². The molecule has 1 aromatic carbocycles. The number of nitrogens with zero attached hydrogens (tertiary/aromatic N) is 1. The molecule has 0 aliphatic rings. The summed E-state index contributed by atoms with van der Waals surface area (Å²) in [5, 5.41) is 9.49. The maximum atomic E-state index is 9.49. The van der Waals surface area contributed by atoms with Gasteiger partial charge in [0.1, 0.15) is 0 Å². The quantitative estimate of drug-likeness (QED) is 0.771. The summed E-state index contributed by atoms with van der Waals surface area (Å²) < 4.78 is 0. The van der Waals surface area contributed by atoms with Crippen molar-refractivity contribution in [1.82, 2.24) is 4.90 Å². The van der Waals surface area contributed by atoms with Crippen LogP contribution in [0.2, 0.25) is 0 Å². The summed E-state index contributed by atoms with van der Waals surface area (Å²) in [5.74, 6) is 0. The molecule has 0 saturated heterocycles. The van der Waals surface area contributed by atoms with E-state index in [4.69, 9.17) is 5.73 Å². The van der Waals surface area contributed by atoms with Gasteiger partial charge in [-0.05, 0) is 12.1 Å². The molecule has 0 amide bonds. The summed E-state index contributed by atoms with van der Waals surface area (Å²) >= 11 is 0. The minimum absolute atomic E-state index is 0. The minimum atomic E-state index is -0.0789. The molecular formula is C13H20N2OY-2. The maximum absolute atomic E-state index is 9.49. The molecule has 1 rings (SSSR count). The van der Waals surface area contributed by atoms with E-state index in [1.54, 1.807) is 0 Å². The van der Waals surface area contributed by atoms with Gasteiger partial charge in [0.15, 0.2) is 0 Å².